The molecule has 4 unspecified atom stereocenters. The van der Waals surface area contributed by atoms with Crippen LogP contribution < -0.4 is 0 Å². The van der Waals surface area contributed by atoms with Crippen LogP contribution >= 0.6 is 0 Å². The van der Waals surface area contributed by atoms with E-state index in [1.165, 1.54) is 24.8 Å². The van der Waals surface area contributed by atoms with Crippen LogP contribution in [0.2, 0.25) is 0 Å². The molecule has 0 aromatic rings. The summed E-state index contributed by atoms with van der Waals surface area (Å²) in [7, 11) is 0. The highest BCUT2D eigenvalue weighted by molar-refractivity contribution is 5.26. The van der Waals surface area contributed by atoms with E-state index in [4.69, 9.17) is 0 Å². The zero-order valence-corrected chi connectivity index (χ0v) is 10.8. The van der Waals surface area contributed by atoms with Crippen LogP contribution in [0.3, 0.4) is 0 Å². The third-order valence-electron chi connectivity index (χ3n) is 6.01. The van der Waals surface area contributed by atoms with Crippen LogP contribution in [0.1, 0.15) is 46.5 Å². The van der Waals surface area contributed by atoms with Crippen molar-refractivity contribution in [3.8, 4) is 0 Å². The Hall–Kier alpha value is -0.300. The summed E-state index contributed by atoms with van der Waals surface area (Å²) >= 11 is 0. The molecule has 3 aliphatic rings. The Labute approximate surface area is 98.9 Å². The molecule has 0 spiro atoms. The summed E-state index contributed by atoms with van der Waals surface area (Å²) in [6.07, 6.45) is 4.80. The smallest absolute Gasteiger partial charge is 0.0737 e. The first-order valence-electron chi connectivity index (χ1n) is 6.79. The topological polar surface area (TPSA) is 20.2 Å². The minimum Gasteiger partial charge on any atom is -0.389 e. The molecule has 3 fully saturated rings. The molecule has 0 aromatic carbocycles. The highest BCUT2D eigenvalue weighted by Crippen LogP contribution is 2.76. The van der Waals surface area contributed by atoms with Crippen molar-refractivity contribution in [3.63, 3.8) is 0 Å². The second-order valence-corrected chi connectivity index (χ2v) is 7.01. The fourth-order valence-electron chi connectivity index (χ4n) is 4.96. The average Bonchev–Trinajstić information content (AvgIpc) is 2.86. The van der Waals surface area contributed by atoms with Crippen LogP contribution in [0.5, 0.6) is 0 Å². The van der Waals surface area contributed by atoms with E-state index in [2.05, 4.69) is 27.4 Å². The number of hydrogen-bond donors (Lipinski definition) is 1. The Morgan fingerprint density at radius 3 is 2.69 bits per heavy atom. The average molecular weight is 220 g/mol. The molecule has 1 heteroatoms. The monoisotopic (exact) mass is 220 g/mol. The summed E-state index contributed by atoms with van der Waals surface area (Å²) in [5.41, 5.74) is 1.43. The molecule has 1 N–H and O–H groups in total. The Kier molecular flexibility index (Phi) is 1.98. The van der Waals surface area contributed by atoms with Crippen molar-refractivity contribution in [2.45, 2.75) is 52.1 Å². The summed E-state index contributed by atoms with van der Waals surface area (Å²) in [5.74, 6) is 2.22. The van der Waals surface area contributed by atoms with E-state index in [9.17, 15) is 5.11 Å². The maximum absolute atomic E-state index is 11.1. The summed E-state index contributed by atoms with van der Waals surface area (Å²) in [6, 6.07) is 0. The standard InChI is InChI=1S/C15H24O/c1-9(2)15(16)12-7-10(3)5-6-11(12)14(4)8-13(14)15/h9,11-13,16H,3,5-8H2,1-2,4H3/t11?,12?,13?,14?,15-/m1/s1. The first-order valence-corrected chi connectivity index (χ1v) is 6.79. The Morgan fingerprint density at radius 1 is 1.38 bits per heavy atom. The van der Waals surface area contributed by atoms with Crippen molar-refractivity contribution in [3.05, 3.63) is 12.2 Å². The highest BCUT2D eigenvalue weighted by atomic mass is 16.3. The largest absolute Gasteiger partial charge is 0.389 e. The lowest BCUT2D eigenvalue weighted by atomic mass is 9.66. The van der Waals surface area contributed by atoms with E-state index < -0.39 is 5.60 Å². The van der Waals surface area contributed by atoms with Crippen LogP contribution in [0.4, 0.5) is 0 Å². The van der Waals surface area contributed by atoms with Gasteiger partial charge in [-0.15, -0.1) is 0 Å². The molecule has 90 valence electrons. The van der Waals surface area contributed by atoms with Gasteiger partial charge in [0.05, 0.1) is 5.60 Å². The quantitative estimate of drug-likeness (QED) is 0.672. The third-order valence-corrected chi connectivity index (χ3v) is 6.01. The maximum Gasteiger partial charge on any atom is 0.0737 e. The molecular formula is C15H24O. The van der Waals surface area contributed by atoms with Gasteiger partial charge in [-0.3, -0.25) is 0 Å². The van der Waals surface area contributed by atoms with Crippen molar-refractivity contribution in [1.82, 2.24) is 0 Å². The lowest BCUT2D eigenvalue weighted by Gasteiger charge is -2.42. The zero-order valence-electron chi connectivity index (χ0n) is 10.8. The van der Waals surface area contributed by atoms with Gasteiger partial charge in [0, 0.05) is 0 Å². The zero-order chi connectivity index (χ0) is 11.7. The SMILES string of the molecule is C=C1CCC2C(C1)[C@](O)(C(C)C)C1CC21C. The van der Waals surface area contributed by atoms with Crippen molar-refractivity contribution in [2.24, 2.45) is 29.1 Å². The van der Waals surface area contributed by atoms with Crippen LogP contribution in [0.25, 0.3) is 0 Å². The molecule has 0 amide bonds. The number of aliphatic hydroxyl groups is 1. The van der Waals surface area contributed by atoms with Gasteiger partial charge in [0.25, 0.3) is 0 Å². The predicted octanol–water partition coefficient (Wildman–Crippen LogP) is 3.39. The van der Waals surface area contributed by atoms with Crippen molar-refractivity contribution in [2.75, 3.05) is 0 Å². The van der Waals surface area contributed by atoms with Crippen LogP contribution in [0.15, 0.2) is 12.2 Å². The molecule has 0 aliphatic heterocycles. The Bertz CT molecular complexity index is 345. The second-order valence-electron chi connectivity index (χ2n) is 7.01. The van der Waals surface area contributed by atoms with Gasteiger partial charge in [0.15, 0.2) is 0 Å². The van der Waals surface area contributed by atoms with Crippen LogP contribution in [-0.4, -0.2) is 10.7 Å². The summed E-state index contributed by atoms with van der Waals surface area (Å²) in [5, 5.41) is 11.1. The molecule has 3 rings (SSSR count). The van der Waals surface area contributed by atoms with Crippen molar-refractivity contribution < 1.29 is 5.11 Å². The normalized spacial score (nSPS) is 55.1. The summed E-state index contributed by atoms with van der Waals surface area (Å²) < 4.78 is 0. The van der Waals surface area contributed by atoms with Gasteiger partial charge in [-0.25, -0.2) is 0 Å². The van der Waals surface area contributed by atoms with E-state index in [0.717, 1.165) is 12.3 Å². The molecule has 1 nitrogen and oxygen atoms in total. The van der Waals surface area contributed by atoms with E-state index in [0.29, 0.717) is 23.2 Å². The first-order chi connectivity index (χ1) is 7.40. The third kappa shape index (κ3) is 1.06. The van der Waals surface area contributed by atoms with Crippen LogP contribution in [-0.2, 0) is 0 Å². The van der Waals surface area contributed by atoms with E-state index in [1.54, 1.807) is 0 Å². The van der Waals surface area contributed by atoms with Gasteiger partial charge < -0.3 is 5.11 Å². The molecule has 3 saturated carbocycles. The molecule has 16 heavy (non-hydrogen) atoms. The Balaban J connectivity index is 1.99. The van der Waals surface area contributed by atoms with Gasteiger partial charge in [0.1, 0.15) is 0 Å². The van der Waals surface area contributed by atoms with Gasteiger partial charge in [-0.05, 0) is 54.8 Å². The predicted molar refractivity (Wildman–Crippen MR) is 66.0 cm³/mol. The molecule has 5 atom stereocenters. The number of hydrogen-bond acceptors (Lipinski definition) is 1. The summed E-state index contributed by atoms with van der Waals surface area (Å²) in [4.78, 5) is 0. The lowest BCUT2D eigenvalue weighted by Crippen LogP contribution is -2.45. The van der Waals surface area contributed by atoms with Gasteiger partial charge in [0.2, 0.25) is 0 Å². The maximum atomic E-state index is 11.1. The van der Waals surface area contributed by atoms with Gasteiger partial charge in [-0.1, -0.05) is 32.9 Å². The van der Waals surface area contributed by atoms with Gasteiger partial charge in [-0.2, -0.15) is 0 Å². The number of fused-ring (bicyclic) bond motifs is 3. The molecule has 0 aromatic heterocycles. The van der Waals surface area contributed by atoms with Crippen molar-refractivity contribution >= 4 is 0 Å². The lowest BCUT2D eigenvalue weighted by molar-refractivity contribution is -0.0749. The minimum absolute atomic E-state index is 0.389. The molecule has 0 saturated heterocycles. The van der Waals surface area contributed by atoms with Crippen molar-refractivity contribution in [1.29, 1.82) is 0 Å². The molecule has 3 aliphatic carbocycles. The van der Waals surface area contributed by atoms with E-state index in [1.807, 2.05) is 0 Å². The van der Waals surface area contributed by atoms with E-state index >= 15 is 0 Å². The molecule has 0 heterocycles. The first kappa shape index (κ1) is 10.8. The molecule has 0 bridgehead atoms. The molecular weight excluding hydrogens is 196 g/mol. The summed E-state index contributed by atoms with van der Waals surface area (Å²) in [6.45, 7) is 10.9. The van der Waals surface area contributed by atoms with Gasteiger partial charge >= 0.3 is 0 Å². The number of allylic oxidation sites excluding steroid dienone is 1. The fourth-order valence-corrected chi connectivity index (χ4v) is 4.96. The Morgan fingerprint density at radius 2 is 2.06 bits per heavy atom. The minimum atomic E-state index is -0.400. The number of rotatable bonds is 1. The fraction of sp³-hybridized carbons (Fsp3) is 0.867. The second kappa shape index (κ2) is 2.93. The van der Waals surface area contributed by atoms with Crippen LogP contribution in [0, 0.1) is 29.1 Å². The highest BCUT2D eigenvalue weighted by Gasteiger charge is 2.74. The molecule has 0 radical (unpaired) electrons. The van der Waals surface area contributed by atoms with E-state index in [-0.39, 0.29) is 0 Å².